The molecule has 0 aromatic carbocycles. The molecule has 92 valence electrons. The Morgan fingerprint density at radius 1 is 1.44 bits per heavy atom. The molecule has 4 nitrogen and oxygen atoms in total. The standard InChI is InChI=1S/C12H22N2O2/c1-3-16-8-11-7-14(6-9(11)2)12(15)10-4-13-5-10/h9-11,13H,3-8H2,1-2H3/t9-,11+/m1/s1. The Balaban J connectivity index is 1.82. The molecule has 2 fully saturated rings. The van der Waals surface area contributed by atoms with Crippen LogP contribution in [0.15, 0.2) is 0 Å². The highest BCUT2D eigenvalue weighted by atomic mass is 16.5. The van der Waals surface area contributed by atoms with Crippen LogP contribution in [0.25, 0.3) is 0 Å². The lowest BCUT2D eigenvalue weighted by Gasteiger charge is -2.30. The van der Waals surface area contributed by atoms with Gasteiger partial charge in [0.25, 0.3) is 0 Å². The number of likely N-dealkylation sites (tertiary alicyclic amines) is 1. The van der Waals surface area contributed by atoms with Crippen molar-refractivity contribution in [2.75, 3.05) is 39.4 Å². The van der Waals surface area contributed by atoms with Crippen LogP contribution >= 0.6 is 0 Å². The van der Waals surface area contributed by atoms with Crippen LogP contribution in [-0.2, 0) is 9.53 Å². The molecule has 16 heavy (non-hydrogen) atoms. The van der Waals surface area contributed by atoms with Crippen molar-refractivity contribution in [3.63, 3.8) is 0 Å². The molecule has 2 atom stereocenters. The van der Waals surface area contributed by atoms with Crippen LogP contribution in [0.5, 0.6) is 0 Å². The maximum atomic E-state index is 12.0. The van der Waals surface area contributed by atoms with Crippen molar-refractivity contribution >= 4 is 5.91 Å². The zero-order chi connectivity index (χ0) is 11.5. The average molecular weight is 226 g/mol. The lowest BCUT2D eigenvalue weighted by atomic mass is 9.99. The van der Waals surface area contributed by atoms with Crippen molar-refractivity contribution in [3.8, 4) is 0 Å². The molecule has 2 aliphatic heterocycles. The van der Waals surface area contributed by atoms with Gasteiger partial charge in [-0.3, -0.25) is 4.79 Å². The van der Waals surface area contributed by atoms with Gasteiger partial charge in [-0.05, 0) is 12.8 Å². The van der Waals surface area contributed by atoms with E-state index < -0.39 is 0 Å². The zero-order valence-corrected chi connectivity index (χ0v) is 10.2. The third-order valence-corrected chi connectivity index (χ3v) is 3.75. The van der Waals surface area contributed by atoms with Gasteiger partial charge in [0.15, 0.2) is 0 Å². The fourth-order valence-corrected chi connectivity index (χ4v) is 2.42. The van der Waals surface area contributed by atoms with Gasteiger partial charge in [0.05, 0.1) is 12.5 Å². The number of ether oxygens (including phenoxy) is 1. The molecule has 1 N–H and O–H groups in total. The number of amides is 1. The number of carbonyl (C=O) groups is 1. The minimum absolute atomic E-state index is 0.234. The van der Waals surface area contributed by atoms with Gasteiger partial charge in [0.1, 0.15) is 0 Å². The summed E-state index contributed by atoms with van der Waals surface area (Å²) < 4.78 is 5.47. The maximum absolute atomic E-state index is 12.0. The van der Waals surface area contributed by atoms with E-state index in [1.54, 1.807) is 0 Å². The number of hydrogen-bond donors (Lipinski definition) is 1. The van der Waals surface area contributed by atoms with E-state index >= 15 is 0 Å². The Hall–Kier alpha value is -0.610. The molecule has 0 radical (unpaired) electrons. The first-order valence-corrected chi connectivity index (χ1v) is 6.29. The number of hydrogen-bond acceptors (Lipinski definition) is 3. The van der Waals surface area contributed by atoms with Gasteiger partial charge in [-0.1, -0.05) is 6.92 Å². The Labute approximate surface area is 97.3 Å². The van der Waals surface area contributed by atoms with E-state index in [1.807, 2.05) is 11.8 Å². The molecule has 0 aromatic rings. The Kier molecular flexibility index (Phi) is 3.82. The van der Waals surface area contributed by atoms with Crippen molar-refractivity contribution in [2.45, 2.75) is 13.8 Å². The first kappa shape index (κ1) is 11.9. The SMILES string of the molecule is CCOC[C@@H]1CN(C(=O)C2CNC2)C[C@H]1C. The second kappa shape index (κ2) is 5.15. The first-order valence-electron chi connectivity index (χ1n) is 6.29. The number of rotatable bonds is 4. The monoisotopic (exact) mass is 226 g/mol. The molecule has 2 heterocycles. The summed E-state index contributed by atoms with van der Waals surface area (Å²) in [6.45, 7) is 9.32. The van der Waals surface area contributed by atoms with Gasteiger partial charge in [-0.15, -0.1) is 0 Å². The fraction of sp³-hybridized carbons (Fsp3) is 0.917. The van der Waals surface area contributed by atoms with Crippen LogP contribution in [0.2, 0.25) is 0 Å². The quantitative estimate of drug-likeness (QED) is 0.751. The molecular formula is C12H22N2O2. The molecule has 0 saturated carbocycles. The smallest absolute Gasteiger partial charge is 0.228 e. The van der Waals surface area contributed by atoms with Crippen molar-refractivity contribution < 1.29 is 9.53 Å². The Bertz CT molecular complexity index is 253. The molecule has 2 saturated heterocycles. The van der Waals surface area contributed by atoms with Crippen LogP contribution in [-0.4, -0.2) is 50.2 Å². The third-order valence-electron chi connectivity index (χ3n) is 3.75. The number of nitrogens with one attached hydrogen (secondary N) is 1. The number of nitrogens with zero attached hydrogens (tertiary/aromatic N) is 1. The summed E-state index contributed by atoms with van der Waals surface area (Å²) in [7, 11) is 0. The molecular weight excluding hydrogens is 204 g/mol. The molecule has 4 heteroatoms. The Morgan fingerprint density at radius 3 is 2.75 bits per heavy atom. The minimum Gasteiger partial charge on any atom is -0.381 e. The van der Waals surface area contributed by atoms with Crippen molar-refractivity contribution in [1.82, 2.24) is 10.2 Å². The van der Waals surface area contributed by atoms with Gasteiger partial charge in [-0.2, -0.15) is 0 Å². The fourth-order valence-electron chi connectivity index (χ4n) is 2.42. The molecule has 0 aliphatic carbocycles. The largest absolute Gasteiger partial charge is 0.381 e. The lowest BCUT2D eigenvalue weighted by Crippen LogP contribution is -2.51. The maximum Gasteiger partial charge on any atom is 0.228 e. The highest BCUT2D eigenvalue weighted by molar-refractivity contribution is 5.80. The number of carbonyl (C=O) groups excluding carboxylic acids is 1. The highest BCUT2D eigenvalue weighted by Gasteiger charge is 2.36. The average Bonchev–Trinajstić information content (AvgIpc) is 2.54. The minimum atomic E-state index is 0.234. The summed E-state index contributed by atoms with van der Waals surface area (Å²) in [6.07, 6.45) is 0. The van der Waals surface area contributed by atoms with E-state index in [1.165, 1.54) is 0 Å². The van der Waals surface area contributed by atoms with Crippen molar-refractivity contribution in [2.24, 2.45) is 17.8 Å². The molecule has 0 spiro atoms. The van der Waals surface area contributed by atoms with Crippen LogP contribution in [0.3, 0.4) is 0 Å². The Morgan fingerprint density at radius 2 is 2.19 bits per heavy atom. The van der Waals surface area contributed by atoms with Gasteiger partial charge >= 0.3 is 0 Å². The summed E-state index contributed by atoms with van der Waals surface area (Å²) >= 11 is 0. The highest BCUT2D eigenvalue weighted by Crippen LogP contribution is 2.25. The van der Waals surface area contributed by atoms with Crippen molar-refractivity contribution in [1.29, 1.82) is 0 Å². The third kappa shape index (κ3) is 2.38. The van der Waals surface area contributed by atoms with Crippen molar-refractivity contribution in [3.05, 3.63) is 0 Å². The van der Waals surface area contributed by atoms with E-state index in [9.17, 15) is 4.79 Å². The van der Waals surface area contributed by atoms with Gasteiger partial charge in [0, 0.05) is 38.7 Å². The lowest BCUT2D eigenvalue weighted by molar-refractivity contribution is -0.136. The second-order valence-electron chi connectivity index (χ2n) is 5.00. The van der Waals surface area contributed by atoms with Gasteiger partial charge in [0.2, 0.25) is 5.91 Å². The normalized spacial score (nSPS) is 30.5. The van der Waals surface area contributed by atoms with E-state index in [0.29, 0.717) is 17.7 Å². The van der Waals surface area contributed by atoms with Crippen LogP contribution in [0.1, 0.15) is 13.8 Å². The summed E-state index contributed by atoms with van der Waals surface area (Å²) in [5, 5.41) is 3.15. The molecule has 0 bridgehead atoms. The zero-order valence-electron chi connectivity index (χ0n) is 10.2. The van der Waals surface area contributed by atoms with E-state index in [0.717, 1.165) is 39.4 Å². The van der Waals surface area contributed by atoms with Crippen LogP contribution in [0.4, 0.5) is 0 Å². The predicted octanol–water partition coefficient (Wildman–Crippen LogP) is 0.337. The van der Waals surface area contributed by atoms with Gasteiger partial charge < -0.3 is 15.0 Å². The summed E-state index contributed by atoms with van der Waals surface area (Å²) in [4.78, 5) is 14.1. The molecule has 1 amide bonds. The summed E-state index contributed by atoms with van der Waals surface area (Å²) in [5.74, 6) is 1.67. The van der Waals surface area contributed by atoms with Gasteiger partial charge in [-0.25, -0.2) is 0 Å². The topological polar surface area (TPSA) is 41.6 Å². The summed E-state index contributed by atoms with van der Waals surface area (Å²) in [6, 6.07) is 0. The molecule has 0 aromatic heterocycles. The molecule has 2 rings (SSSR count). The second-order valence-corrected chi connectivity index (χ2v) is 5.00. The van der Waals surface area contributed by atoms with E-state index in [2.05, 4.69) is 12.2 Å². The van der Waals surface area contributed by atoms with E-state index in [4.69, 9.17) is 4.74 Å². The van der Waals surface area contributed by atoms with Crippen LogP contribution < -0.4 is 5.32 Å². The molecule has 0 unspecified atom stereocenters. The van der Waals surface area contributed by atoms with Crippen LogP contribution in [0, 0.1) is 17.8 Å². The first-order chi connectivity index (χ1) is 7.72. The summed E-state index contributed by atoms with van der Waals surface area (Å²) in [5.41, 5.74) is 0. The predicted molar refractivity (Wildman–Crippen MR) is 62.1 cm³/mol. The molecule has 2 aliphatic rings. The van der Waals surface area contributed by atoms with E-state index in [-0.39, 0.29) is 5.92 Å².